The van der Waals surface area contributed by atoms with Gasteiger partial charge in [0.15, 0.2) is 0 Å². The summed E-state index contributed by atoms with van der Waals surface area (Å²) >= 11 is 0. The Kier molecular flexibility index (Phi) is 14.1. The fourth-order valence-corrected chi connectivity index (χ4v) is 5.48. The highest BCUT2D eigenvalue weighted by molar-refractivity contribution is 5.94. The van der Waals surface area contributed by atoms with Gasteiger partial charge in [0.05, 0.1) is 13.0 Å². The smallest absolute Gasteiger partial charge is 0.305 e. The number of carboxylic acid groups (broad SMARTS) is 1. The van der Waals surface area contributed by atoms with Crippen molar-refractivity contribution in [3.05, 3.63) is 0 Å². The van der Waals surface area contributed by atoms with Gasteiger partial charge in [-0.15, -0.1) is 0 Å². The summed E-state index contributed by atoms with van der Waals surface area (Å²) in [4.78, 5) is 63.0. The molecule has 6 N–H and O–H groups in total. The highest BCUT2D eigenvalue weighted by Crippen LogP contribution is 2.27. The molecular weight excluding hydrogens is 490 g/mol. The average Bonchev–Trinajstić information content (AvgIpc) is 2.89. The van der Waals surface area contributed by atoms with Crippen molar-refractivity contribution < 1.29 is 29.1 Å². The molecule has 11 heteroatoms. The molecule has 0 aromatic rings. The fourth-order valence-electron chi connectivity index (χ4n) is 5.48. The number of likely N-dealkylation sites (N-methyl/N-ethyl adjacent to an activating group) is 1. The lowest BCUT2D eigenvalue weighted by atomic mass is 9.85. The van der Waals surface area contributed by atoms with E-state index in [1.165, 1.54) is 11.3 Å². The van der Waals surface area contributed by atoms with Gasteiger partial charge in [-0.05, 0) is 70.4 Å². The van der Waals surface area contributed by atoms with Crippen LogP contribution in [0.4, 0.5) is 0 Å². The predicted octanol–water partition coefficient (Wildman–Crippen LogP) is 1.29. The number of carbonyl (C=O) groups excluding carboxylic acids is 4. The third-order valence-corrected chi connectivity index (χ3v) is 7.81. The molecule has 0 aromatic heterocycles. The number of piperidine rings is 1. The number of nitrogens with zero attached hydrogens (tertiary/aromatic N) is 1. The van der Waals surface area contributed by atoms with Gasteiger partial charge in [-0.25, -0.2) is 0 Å². The van der Waals surface area contributed by atoms with E-state index in [-0.39, 0.29) is 12.5 Å². The summed E-state index contributed by atoms with van der Waals surface area (Å²) in [5.41, 5.74) is 5.50. The molecule has 38 heavy (non-hydrogen) atoms. The van der Waals surface area contributed by atoms with Crippen molar-refractivity contribution in [3.63, 3.8) is 0 Å². The minimum Gasteiger partial charge on any atom is -0.481 e. The second-order valence-corrected chi connectivity index (χ2v) is 10.8. The number of aliphatic carboxylic acids is 1. The minimum atomic E-state index is -1.38. The molecule has 1 heterocycles. The van der Waals surface area contributed by atoms with Crippen LogP contribution in [0, 0.1) is 11.8 Å². The van der Waals surface area contributed by atoms with Crippen LogP contribution in [0.3, 0.4) is 0 Å². The molecule has 1 saturated carbocycles. The van der Waals surface area contributed by atoms with Crippen LogP contribution >= 0.6 is 0 Å². The molecule has 1 aliphatic carbocycles. The molecular formula is C27H47N5O6. The molecule has 2 fully saturated rings. The van der Waals surface area contributed by atoms with Crippen LogP contribution in [0.25, 0.3) is 0 Å². The molecule has 1 aliphatic heterocycles. The van der Waals surface area contributed by atoms with Crippen LogP contribution in [0.2, 0.25) is 0 Å². The van der Waals surface area contributed by atoms with Crippen molar-refractivity contribution in [3.8, 4) is 0 Å². The molecule has 0 spiro atoms. The molecule has 216 valence electrons. The zero-order chi connectivity index (χ0) is 27.9. The standard InChI is InChI=1S/C27H47N5O6/c1-2-32(24(34)10-6-9-20-13-15-29-16-14-20)18-23(33)30-22(17-25(35)36)27(38)31-21(26(28)37)12-11-19-7-4-3-5-8-19/h19-22,29H,2-18H2,1H3,(H2,28,37)(H,30,33)(H,31,38)(H,35,36). The maximum atomic E-state index is 12.9. The lowest BCUT2D eigenvalue weighted by Crippen LogP contribution is -2.55. The normalized spacial score (nSPS) is 18.2. The van der Waals surface area contributed by atoms with E-state index in [0.29, 0.717) is 31.2 Å². The zero-order valence-corrected chi connectivity index (χ0v) is 22.8. The summed E-state index contributed by atoms with van der Waals surface area (Å²) in [5, 5.41) is 17.6. The average molecular weight is 538 g/mol. The molecule has 0 bridgehead atoms. The van der Waals surface area contributed by atoms with Crippen LogP contribution in [0.5, 0.6) is 0 Å². The minimum absolute atomic E-state index is 0.146. The van der Waals surface area contributed by atoms with E-state index in [2.05, 4.69) is 16.0 Å². The second kappa shape index (κ2) is 17.0. The summed E-state index contributed by atoms with van der Waals surface area (Å²) in [7, 11) is 0. The number of carboxylic acids is 1. The van der Waals surface area contributed by atoms with Gasteiger partial charge in [0.25, 0.3) is 0 Å². The first-order valence-electron chi connectivity index (χ1n) is 14.3. The predicted molar refractivity (Wildman–Crippen MR) is 143 cm³/mol. The number of primary amides is 1. The fraction of sp³-hybridized carbons (Fsp3) is 0.815. The Morgan fingerprint density at radius 1 is 0.947 bits per heavy atom. The summed E-state index contributed by atoms with van der Waals surface area (Å²) in [5.74, 6) is -2.42. The Labute approximate surface area is 226 Å². The second-order valence-electron chi connectivity index (χ2n) is 10.8. The third-order valence-electron chi connectivity index (χ3n) is 7.81. The van der Waals surface area contributed by atoms with Crippen molar-refractivity contribution in [1.29, 1.82) is 0 Å². The Balaban J connectivity index is 1.86. The van der Waals surface area contributed by atoms with E-state index >= 15 is 0 Å². The number of hydrogen-bond donors (Lipinski definition) is 5. The molecule has 2 unspecified atom stereocenters. The van der Waals surface area contributed by atoms with Crippen LogP contribution in [-0.4, -0.2) is 77.9 Å². The molecule has 11 nitrogen and oxygen atoms in total. The van der Waals surface area contributed by atoms with Gasteiger partial charge in [-0.3, -0.25) is 24.0 Å². The van der Waals surface area contributed by atoms with E-state index < -0.39 is 42.2 Å². The SMILES string of the molecule is CCN(CC(=O)NC(CC(=O)O)C(=O)NC(CCC1CCCCC1)C(N)=O)C(=O)CCCC1CCNCC1. The first kappa shape index (κ1) is 31.5. The van der Waals surface area contributed by atoms with E-state index in [1.807, 2.05) is 0 Å². The summed E-state index contributed by atoms with van der Waals surface area (Å²) < 4.78 is 0. The lowest BCUT2D eigenvalue weighted by molar-refractivity contribution is -0.142. The zero-order valence-electron chi connectivity index (χ0n) is 22.8. The van der Waals surface area contributed by atoms with E-state index in [9.17, 15) is 29.1 Å². The Morgan fingerprint density at radius 2 is 1.61 bits per heavy atom. The molecule has 2 rings (SSSR count). The van der Waals surface area contributed by atoms with E-state index in [1.54, 1.807) is 6.92 Å². The third kappa shape index (κ3) is 11.8. The Bertz CT molecular complexity index is 795. The van der Waals surface area contributed by atoms with Crippen LogP contribution in [0.15, 0.2) is 0 Å². The summed E-state index contributed by atoms with van der Waals surface area (Å²) in [6.07, 6.45) is 10.4. The molecule has 4 amide bonds. The number of rotatable bonds is 16. The maximum Gasteiger partial charge on any atom is 0.305 e. The van der Waals surface area contributed by atoms with Crippen LogP contribution in [0.1, 0.15) is 90.4 Å². The molecule has 2 atom stereocenters. The lowest BCUT2D eigenvalue weighted by Gasteiger charge is -2.26. The molecule has 1 saturated heterocycles. The summed E-state index contributed by atoms with van der Waals surface area (Å²) in [6, 6.07) is -2.32. The molecule has 0 radical (unpaired) electrons. The quantitative estimate of drug-likeness (QED) is 0.197. The van der Waals surface area contributed by atoms with Crippen molar-refractivity contribution in [2.45, 2.75) is 102 Å². The van der Waals surface area contributed by atoms with Crippen molar-refractivity contribution in [1.82, 2.24) is 20.9 Å². The van der Waals surface area contributed by atoms with E-state index in [0.717, 1.165) is 70.9 Å². The van der Waals surface area contributed by atoms with Crippen LogP contribution < -0.4 is 21.7 Å². The number of nitrogens with two attached hydrogens (primary N) is 1. The largest absolute Gasteiger partial charge is 0.481 e. The summed E-state index contributed by atoms with van der Waals surface area (Å²) in [6.45, 7) is 3.83. The molecule has 2 aliphatic rings. The van der Waals surface area contributed by atoms with E-state index in [4.69, 9.17) is 5.73 Å². The topological polar surface area (TPSA) is 171 Å². The number of hydrogen-bond acceptors (Lipinski definition) is 6. The number of carbonyl (C=O) groups is 5. The van der Waals surface area contributed by atoms with Crippen molar-refractivity contribution >= 4 is 29.6 Å². The number of amides is 4. The van der Waals surface area contributed by atoms with Crippen LogP contribution in [-0.2, 0) is 24.0 Å². The monoisotopic (exact) mass is 537 g/mol. The Morgan fingerprint density at radius 3 is 2.21 bits per heavy atom. The van der Waals surface area contributed by atoms with Gasteiger partial charge >= 0.3 is 5.97 Å². The number of nitrogens with one attached hydrogen (secondary N) is 3. The molecule has 0 aromatic carbocycles. The van der Waals surface area contributed by atoms with Gasteiger partial charge in [0.1, 0.15) is 12.1 Å². The van der Waals surface area contributed by atoms with Gasteiger partial charge in [0.2, 0.25) is 23.6 Å². The maximum absolute atomic E-state index is 12.9. The Hall–Kier alpha value is -2.69. The van der Waals surface area contributed by atoms with Crippen molar-refractivity contribution in [2.75, 3.05) is 26.2 Å². The van der Waals surface area contributed by atoms with Gasteiger partial charge in [0, 0.05) is 13.0 Å². The van der Waals surface area contributed by atoms with Gasteiger partial charge in [-0.2, -0.15) is 0 Å². The first-order chi connectivity index (χ1) is 18.2. The highest BCUT2D eigenvalue weighted by atomic mass is 16.4. The van der Waals surface area contributed by atoms with Gasteiger partial charge < -0.3 is 31.7 Å². The van der Waals surface area contributed by atoms with Gasteiger partial charge in [-0.1, -0.05) is 32.1 Å². The first-order valence-corrected chi connectivity index (χ1v) is 14.3. The highest BCUT2D eigenvalue weighted by Gasteiger charge is 2.29. The van der Waals surface area contributed by atoms with Crippen molar-refractivity contribution in [2.24, 2.45) is 17.6 Å².